The van der Waals surface area contributed by atoms with Crippen LogP contribution in [0.25, 0.3) is 0 Å². The van der Waals surface area contributed by atoms with Crippen molar-refractivity contribution in [3.8, 4) is 0 Å². The molecular formula is C19H26N4O. The number of nitrogens with zero attached hydrogens (tertiary/aromatic N) is 3. The molecule has 5 heteroatoms. The van der Waals surface area contributed by atoms with Gasteiger partial charge < -0.3 is 15.3 Å². The number of anilines is 2. The maximum atomic E-state index is 9.24. The Morgan fingerprint density at radius 1 is 1.29 bits per heavy atom. The lowest BCUT2D eigenvalue weighted by molar-refractivity contribution is 0.281. The molecule has 0 radical (unpaired) electrons. The summed E-state index contributed by atoms with van der Waals surface area (Å²) in [6.07, 6.45) is 0. The number of nitrogens with one attached hydrogen (secondary N) is 1. The molecule has 0 fully saturated rings. The van der Waals surface area contributed by atoms with E-state index < -0.39 is 0 Å². The third-order valence-electron chi connectivity index (χ3n) is 4.51. The number of hydrogen-bond acceptors (Lipinski definition) is 5. The van der Waals surface area contributed by atoms with Crippen LogP contribution in [0.1, 0.15) is 37.7 Å². The van der Waals surface area contributed by atoms with E-state index in [4.69, 9.17) is 0 Å². The maximum absolute atomic E-state index is 9.24. The number of aryl methyl sites for hydroxylation is 1. The van der Waals surface area contributed by atoms with E-state index in [9.17, 15) is 5.11 Å². The van der Waals surface area contributed by atoms with Crippen LogP contribution in [0.15, 0.2) is 30.3 Å². The fourth-order valence-electron chi connectivity index (χ4n) is 3.39. The number of rotatable bonds is 4. The minimum Gasteiger partial charge on any atom is -0.394 e. The van der Waals surface area contributed by atoms with E-state index >= 15 is 0 Å². The van der Waals surface area contributed by atoms with E-state index in [2.05, 4.69) is 58.3 Å². The van der Waals surface area contributed by atoms with Gasteiger partial charge in [0.2, 0.25) is 0 Å². The van der Waals surface area contributed by atoms with Crippen molar-refractivity contribution in [3.05, 3.63) is 47.3 Å². The quantitative estimate of drug-likeness (QED) is 0.905. The molecule has 0 saturated heterocycles. The molecule has 1 aliphatic rings. The van der Waals surface area contributed by atoms with Crippen molar-refractivity contribution >= 4 is 11.6 Å². The Balaban J connectivity index is 1.93. The molecule has 0 aliphatic carbocycles. The molecule has 1 atom stereocenters. The smallest absolute Gasteiger partial charge is 0.134 e. The van der Waals surface area contributed by atoms with Gasteiger partial charge in [-0.1, -0.05) is 38.1 Å². The van der Waals surface area contributed by atoms with Gasteiger partial charge in [-0.25, -0.2) is 9.97 Å². The van der Waals surface area contributed by atoms with Crippen molar-refractivity contribution in [2.45, 2.75) is 45.7 Å². The van der Waals surface area contributed by atoms with Gasteiger partial charge in [0.05, 0.1) is 6.61 Å². The summed E-state index contributed by atoms with van der Waals surface area (Å²) >= 11 is 0. The summed E-state index contributed by atoms with van der Waals surface area (Å²) in [5, 5.41) is 12.5. The molecule has 3 rings (SSSR count). The molecule has 5 nitrogen and oxygen atoms in total. The molecule has 0 spiro atoms. The van der Waals surface area contributed by atoms with Crippen molar-refractivity contribution < 1.29 is 5.11 Å². The van der Waals surface area contributed by atoms with Crippen molar-refractivity contribution in [2.24, 2.45) is 0 Å². The molecule has 2 aromatic rings. The van der Waals surface area contributed by atoms with Crippen LogP contribution in [0, 0.1) is 6.92 Å². The van der Waals surface area contributed by atoms with Crippen LogP contribution >= 0.6 is 0 Å². The zero-order chi connectivity index (χ0) is 17.3. The first-order chi connectivity index (χ1) is 11.4. The number of aliphatic hydroxyl groups is 1. The largest absolute Gasteiger partial charge is 0.394 e. The van der Waals surface area contributed by atoms with E-state index in [1.54, 1.807) is 0 Å². The lowest BCUT2D eigenvalue weighted by Gasteiger charge is -2.40. The monoisotopic (exact) mass is 326 g/mol. The third-order valence-corrected chi connectivity index (χ3v) is 4.51. The lowest BCUT2D eigenvalue weighted by atomic mass is 9.78. The summed E-state index contributed by atoms with van der Waals surface area (Å²) in [5.41, 5.74) is 2.84. The second kappa shape index (κ2) is 6.40. The zero-order valence-corrected chi connectivity index (χ0v) is 14.9. The van der Waals surface area contributed by atoms with Gasteiger partial charge in [-0.15, -0.1) is 0 Å². The Hall–Kier alpha value is -2.14. The predicted octanol–water partition coefficient (Wildman–Crippen LogP) is 2.88. The number of fused-ring (bicyclic) bond motifs is 1. The predicted molar refractivity (Wildman–Crippen MR) is 97.5 cm³/mol. The summed E-state index contributed by atoms with van der Waals surface area (Å²) in [4.78, 5) is 11.4. The molecule has 1 aromatic carbocycles. The van der Waals surface area contributed by atoms with Gasteiger partial charge in [-0.05, 0) is 25.0 Å². The summed E-state index contributed by atoms with van der Waals surface area (Å²) in [6, 6.07) is 10.6. The van der Waals surface area contributed by atoms with Crippen LogP contribution in [0.2, 0.25) is 0 Å². The van der Waals surface area contributed by atoms with Gasteiger partial charge in [0.25, 0.3) is 0 Å². The maximum Gasteiger partial charge on any atom is 0.134 e. The standard InChI is InChI=1S/C19H26N4O/c1-13(11-24)20-17-9-18(22-14(2)21-17)23-10-15-7-5-6-8-16(15)19(3,4)12-23/h5-9,13,24H,10-12H2,1-4H3,(H,20,21,22)/t13-/m0/s1. The Bertz CT molecular complexity index is 729. The Labute approximate surface area is 143 Å². The highest BCUT2D eigenvalue weighted by Crippen LogP contribution is 2.35. The van der Waals surface area contributed by atoms with Crippen LogP contribution in [0.4, 0.5) is 11.6 Å². The van der Waals surface area contributed by atoms with Crippen molar-refractivity contribution in [3.63, 3.8) is 0 Å². The van der Waals surface area contributed by atoms with Gasteiger partial charge in [0.15, 0.2) is 0 Å². The minimum atomic E-state index is -0.0364. The highest BCUT2D eigenvalue weighted by atomic mass is 16.3. The Morgan fingerprint density at radius 2 is 2.04 bits per heavy atom. The van der Waals surface area contributed by atoms with Crippen molar-refractivity contribution in [1.82, 2.24) is 9.97 Å². The van der Waals surface area contributed by atoms with Crippen molar-refractivity contribution in [2.75, 3.05) is 23.4 Å². The van der Waals surface area contributed by atoms with E-state index in [1.807, 2.05) is 19.9 Å². The van der Waals surface area contributed by atoms with Crippen molar-refractivity contribution in [1.29, 1.82) is 0 Å². The first-order valence-corrected chi connectivity index (χ1v) is 8.45. The molecule has 2 heterocycles. The molecule has 0 saturated carbocycles. The van der Waals surface area contributed by atoms with E-state index in [-0.39, 0.29) is 18.1 Å². The molecule has 0 amide bonds. The van der Waals surface area contributed by atoms with E-state index in [0.717, 1.165) is 30.5 Å². The summed E-state index contributed by atoms with van der Waals surface area (Å²) in [7, 11) is 0. The second-order valence-corrected chi connectivity index (χ2v) is 7.28. The Kier molecular flexibility index (Phi) is 4.45. The first kappa shape index (κ1) is 16.7. The minimum absolute atomic E-state index is 0.0364. The van der Waals surface area contributed by atoms with Gasteiger partial charge in [-0.3, -0.25) is 0 Å². The molecule has 24 heavy (non-hydrogen) atoms. The SMILES string of the molecule is Cc1nc(N[C@@H](C)CO)cc(N2Cc3ccccc3C(C)(C)C2)n1. The van der Waals surface area contributed by atoms with Crippen LogP contribution in [0.5, 0.6) is 0 Å². The topological polar surface area (TPSA) is 61.3 Å². The summed E-state index contributed by atoms with van der Waals surface area (Å²) in [6.45, 7) is 10.2. The molecule has 1 aliphatic heterocycles. The molecule has 2 N–H and O–H groups in total. The second-order valence-electron chi connectivity index (χ2n) is 7.28. The third kappa shape index (κ3) is 3.36. The average Bonchev–Trinajstić information content (AvgIpc) is 2.53. The number of aliphatic hydroxyl groups excluding tert-OH is 1. The number of aromatic nitrogens is 2. The summed E-state index contributed by atoms with van der Waals surface area (Å²) < 4.78 is 0. The zero-order valence-electron chi connectivity index (χ0n) is 14.9. The van der Waals surface area contributed by atoms with Crippen LogP contribution in [0.3, 0.4) is 0 Å². The molecular weight excluding hydrogens is 300 g/mol. The van der Waals surface area contributed by atoms with E-state index in [0.29, 0.717) is 0 Å². The Morgan fingerprint density at radius 3 is 2.79 bits per heavy atom. The van der Waals surface area contributed by atoms with Gasteiger partial charge in [-0.2, -0.15) is 0 Å². The fourth-order valence-corrected chi connectivity index (χ4v) is 3.39. The normalized spacial score (nSPS) is 17.3. The highest BCUT2D eigenvalue weighted by molar-refractivity contribution is 5.53. The molecule has 0 bridgehead atoms. The van der Waals surface area contributed by atoms with Crippen LogP contribution < -0.4 is 10.2 Å². The first-order valence-electron chi connectivity index (χ1n) is 8.45. The van der Waals surface area contributed by atoms with Gasteiger partial charge in [0.1, 0.15) is 17.5 Å². The molecule has 128 valence electrons. The van der Waals surface area contributed by atoms with Gasteiger partial charge >= 0.3 is 0 Å². The van der Waals surface area contributed by atoms with Gasteiger partial charge in [0, 0.05) is 30.6 Å². The molecule has 1 aromatic heterocycles. The fraction of sp³-hybridized carbons (Fsp3) is 0.474. The highest BCUT2D eigenvalue weighted by Gasteiger charge is 2.32. The number of hydrogen-bond donors (Lipinski definition) is 2. The summed E-state index contributed by atoms with van der Waals surface area (Å²) in [5.74, 6) is 2.42. The average molecular weight is 326 g/mol. The van der Waals surface area contributed by atoms with E-state index in [1.165, 1.54) is 11.1 Å². The lowest BCUT2D eigenvalue weighted by Crippen LogP contribution is -2.42. The molecule has 0 unspecified atom stereocenters. The van der Waals surface area contributed by atoms with Crippen LogP contribution in [-0.4, -0.2) is 34.3 Å². The van der Waals surface area contributed by atoms with Crippen LogP contribution in [-0.2, 0) is 12.0 Å². The number of benzene rings is 1.